The second-order valence-corrected chi connectivity index (χ2v) is 8.64. The van der Waals surface area contributed by atoms with E-state index in [1.165, 1.54) is 0 Å². The third-order valence-corrected chi connectivity index (χ3v) is 6.16. The molecule has 0 aliphatic carbocycles. The number of nitriles is 1. The highest BCUT2D eigenvalue weighted by Crippen LogP contribution is 2.32. The number of aromatic nitrogens is 1. The minimum atomic E-state index is -0.990. The molecular formula is C32H22N2O3. The molecule has 0 saturated heterocycles. The average molecular weight is 483 g/mol. The molecule has 0 bridgehead atoms. The quantitative estimate of drug-likeness (QED) is 0.273. The molecule has 0 unspecified atom stereocenters. The van der Waals surface area contributed by atoms with Crippen LogP contribution in [0.2, 0.25) is 0 Å². The summed E-state index contributed by atoms with van der Waals surface area (Å²) in [6, 6.07) is 28.1. The number of rotatable bonds is 5. The van der Waals surface area contributed by atoms with Crippen molar-refractivity contribution in [3.8, 4) is 34.8 Å². The van der Waals surface area contributed by atoms with E-state index >= 15 is 0 Å². The van der Waals surface area contributed by atoms with E-state index in [1.807, 2.05) is 61.7 Å². The van der Waals surface area contributed by atoms with Gasteiger partial charge in [0, 0.05) is 28.4 Å². The topological polar surface area (TPSA) is 86.1 Å². The van der Waals surface area contributed by atoms with E-state index in [2.05, 4.69) is 22.9 Å². The van der Waals surface area contributed by atoms with E-state index in [0.29, 0.717) is 29.0 Å². The molecule has 0 fully saturated rings. The smallest absolute Gasteiger partial charge is 0.336 e. The Balaban J connectivity index is 1.43. The summed E-state index contributed by atoms with van der Waals surface area (Å²) in [5.74, 6) is 6.15. The number of carbonyl (C=O) groups is 1. The predicted octanol–water partition coefficient (Wildman–Crippen LogP) is 6.69. The maximum atomic E-state index is 12.1. The molecule has 2 N–H and O–H groups in total. The first-order valence-electron chi connectivity index (χ1n) is 11.7. The lowest BCUT2D eigenvalue weighted by Gasteiger charge is -2.12. The predicted molar refractivity (Wildman–Crippen MR) is 143 cm³/mol. The average Bonchev–Trinajstić information content (AvgIpc) is 3.40. The minimum absolute atomic E-state index is 0.219. The second kappa shape index (κ2) is 10.2. The first-order chi connectivity index (χ1) is 18.0. The summed E-state index contributed by atoms with van der Waals surface area (Å²) in [5, 5.41) is 19.9. The molecule has 5 nitrogen and oxygen atoms in total. The number of benzene rings is 4. The zero-order valence-electron chi connectivity index (χ0n) is 20.1. The number of hydrogen-bond donors (Lipinski definition) is 2. The van der Waals surface area contributed by atoms with Crippen LogP contribution >= 0.6 is 0 Å². The molecular weight excluding hydrogens is 460 g/mol. The fourth-order valence-corrected chi connectivity index (χ4v) is 4.16. The van der Waals surface area contributed by atoms with Crippen molar-refractivity contribution in [2.75, 3.05) is 0 Å². The summed E-state index contributed by atoms with van der Waals surface area (Å²) in [7, 11) is 0. The normalized spacial score (nSPS) is 10.4. The van der Waals surface area contributed by atoms with Crippen molar-refractivity contribution in [1.82, 2.24) is 4.98 Å². The van der Waals surface area contributed by atoms with Gasteiger partial charge in [0.25, 0.3) is 0 Å². The van der Waals surface area contributed by atoms with E-state index < -0.39 is 5.97 Å². The molecule has 178 valence electrons. The molecule has 1 heterocycles. The summed E-state index contributed by atoms with van der Waals surface area (Å²) in [4.78, 5) is 15.3. The van der Waals surface area contributed by atoms with Gasteiger partial charge in [0.1, 0.15) is 12.4 Å². The Morgan fingerprint density at radius 1 is 0.919 bits per heavy atom. The zero-order chi connectivity index (χ0) is 25.8. The number of aryl methyl sites for hydroxylation is 1. The number of aromatic amines is 1. The molecule has 5 heteroatoms. The number of carboxylic acids is 1. The summed E-state index contributed by atoms with van der Waals surface area (Å²) in [5.41, 5.74) is 6.56. The molecule has 0 radical (unpaired) electrons. The number of ether oxygens (including phenoxy) is 1. The summed E-state index contributed by atoms with van der Waals surface area (Å²) < 4.78 is 5.80. The van der Waals surface area contributed by atoms with Gasteiger partial charge < -0.3 is 14.8 Å². The summed E-state index contributed by atoms with van der Waals surface area (Å²) in [6.07, 6.45) is 1.86. The van der Waals surface area contributed by atoms with Gasteiger partial charge in [-0.15, -0.1) is 0 Å². The Hall–Kier alpha value is -5.26. The van der Waals surface area contributed by atoms with Gasteiger partial charge in [0.2, 0.25) is 0 Å². The van der Waals surface area contributed by atoms with Crippen molar-refractivity contribution in [2.45, 2.75) is 13.5 Å². The van der Waals surface area contributed by atoms with E-state index in [1.54, 1.807) is 36.4 Å². The van der Waals surface area contributed by atoms with Crippen LogP contribution in [0.15, 0.2) is 91.1 Å². The van der Waals surface area contributed by atoms with Crippen LogP contribution in [0, 0.1) is 30.1 Å². The first kappa shape index (κ1) is 23.5. The molecule has 0 saturated carbocycles. The van der Waals surface area contributed by atoms with Crippen LogP contribution in [-0.4, -0.2) is 16.1 Å². The molecule has 4 aromatic carbocycles. The molecule has 5 aromatic rings. The van der Waals surface area contributed by atoms with E-state index in [-0.39, 0.29) is 5.56 Å². The van der Waals surface area contributed by atoms with Crippen molar-refractivity contribution >= 4 is 16.9 Å². The third-order valence-electron chi connectivity index (χ3n) is 6.16. The molecule has 5 rings (SSSR count). The molecule has 0 aliphatic heterocycles. The van der Waals surface area contributed by atoms with E-state index in [4.69, 9.17) is 10.00 Å². The maximum absolute atomic E-state index is 12.1. The third kappa shape index (κ3) is 5.07. The lowest BCUT2D eigenvalue weighted by molar-refractivity contribution is 0.0697. The van der Waals surface area contributed by atoms with E-state index in [0.717, 1.165) is 33.2 Å². The number of fused-ring (bicyclic) bond motifs is 1. The lowest BCUT2D eigenvalue weighted by Crippen LogP contribution is -2.03. The first-order valence-corrected chi connectivity index (χ1v) is 11.7. The molecule has 1 aromatic heterocycles. The van der Waals surface area contributed by atoms with Crippen LogP contribution in [0.4, 0.5) is 0 Å². The second-order valence-electron chi connectivity index (χ2n) is 8.64. The van der Waals surface area contributed by atoms with Gasteiger partial charge in [-0.3, -0.25) is 0 Å². The van der Waals surface area contributed by atoms with Gasteiger partial charge in [-0.2, -0.15) is 5.26 Å². The van der Waals surface area contributed by atoms with Crippen LogP contribution in [0.1, 0.15) is 38.2 Å². The molecule has 0 aliphatic rings. The van der Waals surface area contributed by atoms with Crippen LogP contribution in [-0.2, 0) is 6.61 Å². The van der Waals surface area contributed by atoms with Crippen molar-refractivity contribution in [1.29, 1.82) is 5.26 Å². The number of nitrogens with one attached hydrogen (secondary N) is 1. The Morgan fingerprint density at radius 2 is 1.68 bits per heavy atom. The van der Waals surface area contributed by atoms with Crippen LogP contribution in [0.3, 0.4) is 0 Å². The highest BCUT2D eigenvalue weighted by molar-refractivity contribution is 5.99. The standard InChI is InChI=1S/C32H22N2O3/c1-21-2-14-29(32(35)36)31(26-11-10-25-16-17-34-30(25)18-26)28(21)15-9-22-3-5-24(6-4-22)20-37-27-12-7-23(19-33)8-13-27/h2-8,10-14,16-18,34H,20H2,1H3,(H,35,36). The fourth-order valence-electron chi connectivity index (χ4n) is 4.16. The van der Waals surface area contributed by atoms with Gasteiger partial charge in [-0.25, -0.2) is 4.79 Å². The van der Waals surface area contributed by atoms with Crippen molar-refractivity contribution in [3.05, 3.63) is 125 Å². The van der Waals surface area contributed by atoms with Gasteiger partial charge in [-0.1, -0.05) is 42.2 Å². The Morgan fingerprint density at radius 3 is 2.41 bits per heavy atom. The maximum Gasteiger partial charge on any atom is 0.336 e. The van der Waals surface area contributed by atoms with Crippen molar-refractivity contribution < 1.29 is 14.6 Å². The summed E-state index contributed by atoms with van der Waals surface area (Å²) >= 11 is 0. The van der Waals surface area contributed by atoms with Crippen LogP contribution in [0.5, 0.6) is 5.75 Å². The molecule has 37 heavy (non-hydrogen) atoms. The van der Waals surface area contributed by atoms with Crippen LogP contribution < -0.4 is 4.74 Å². The molecule has 0 spiro atoms. The highest BCUT2D eigenvalue weighted by atomic mass is 16.5. The lowest BCUT2D eigenvalue weighted by atomic mass is 9.91. The van der Waals surface area contributed by atoms with Gasteiger partial charge in [-0.05, 0) is 83.6 Å². The molecule has 0 amide bonds. The van der Waals surface area contributed by atoms with E-state index in [9.17, 15) is 9.90 Å². The highest BCUT2D eigenvalue weighted by Gasteiger charge is 2.17. The number of aromatic carboxylic acids is 1. The SMILES string of the molecule is Cc1ccc(C(=O)O)c(-c2ccc3cc[nH]c3c2)c1C#Cc1ccc(COc2ccc(C#N)cc2)cc1. The van der Waals surface area contributed by atoms with Gasteiger partial charge >= 0.3 is 5.97 Å². The summed E-state index contributed by atoms with van der Waals surface area (Å²) in [6.45, 7) is 2.33. The fraction of sp³-hybridized carbons (Fsp3) is 0.0625. The van der Waals surface area contributed by atoms with Crippen molar-refractivity contribution in [3.63, 3.8) is 0 Å². The number of hydrogen-bond acceptors (Lipinski definition) is 3. The Labute approximate surface area is 214 Å². The molecule has 0 atom stereocenters. The zero-order valence-corrected chi connectivity index (χ0v) is 20.1. The Bertz CT molecular complexity index is 1710. The van der Waals surface area contributed by atoms with Crippen LogP contribution in [0.25, 0.3) is 22.0 Å². The Kier molecular flexibility index (Phi) is 6.45. The number of carboxylic acid groups (broad SMARTS) is 1. The largest absolute Gasteiger partial charge is 0.489 e. The number of H-pyrrole nitrogens is 1. The van der Waals surface area contributed by atoms with Gasteiger partial charge in [0.15, 0.2) is 0 Å². The van der Waals surface area contributed by atoms with Gasteiger partial charge in [0.05, 0.1) is 17.2 Å². The monoisotopic (exact) mass is 482 g/mol. The van der Waals surface area contributed by atoms with Crippen molar-refractivity contribution in [2.24, 2.45) is 0 Å². The number of nitrogens with zero attached hydrogens (tertiary/aromatic N) is 1. The minimum Gasteiger partial charge on any atom is -0.489 e.